The Morgan fingerprint density at radius 3 is 0.881 bits per heavy atom. The Bertz CT molecular complexity index is 889. The maximum Gasteiger partial charge on any atom is 0.306 e. The lowest BCUT2D eigenvalue weighted by molar-refractivity contribution is -0.167. The molecule has 0 bridgehead atoms. The second kappa shape index (κ2) is 47.5. The van der Waals surface area contributed by atoms with Crippen LogP contribution in [-0.4, -0.2) is 37.2 Å². The molecule has 0 saturated heterocycles. The van der Waals surface area contributed by atoms with Crippen LogP contribution in [-0.2, 0) is 28.6 Å². The molecular formula is C53H102O6. The lowest BCUT2D eigenvalue weighted by Gasteiger charge is -2.18. The van der Waals surface area contributed by atoms with Crippen molar-refractivity contribution in [3.8, 4) is 0 Å². The summed E-state index contributed by atoms with van der Waals surface area (Å²) < 4.78 is 16.8. The van der Waals surface area contributed by atoms with Crippen LogP contribution in [0.4, 0.5) is 0 Å². The van der Waals surface area contributed by atoms with Crippen molar-refractivity contribution in [2.75, 3.05) is 13.2 Å². The van der Waals surface area contributed by atoms with Crippen LogP contribution >= 0.6 is 0 Å². The zero-order chi connectivity index (χ0) is 43.1. The monoisotopic (exact) mass is 835 g/mol. The molecule has 0 radical (unpaired) electrons. The molecule has 0 aromatic heterocycles. The van der Waals surface area contributed by atoms with Crippen molar-refractivity contribution in [3.05, 3.63) is 0 Å². The van der Waals surface area contributed by atoms with Gasteiger partial charge in [-0.25, -0.2) is 0 Å². The molecule has 1 unspecified atom stereocenters. The maximum atomic E-state index is 12.8. The number of unbranched alkanes of at least 4 members (excludes halogenated alkanes) is 34. The lowest BCUT2D eigenvalue weighted by Crippen LogP contribution is -2.30. The van der Waals surface area contributed by atoms with Gasteiger partial charge in [0.2, 0.25) is 0 Å². The van der Waals surface area contributed by atoms with E-state index in [1.807, 2.05) is 0 Å². The third-order valence-corrected chi connectivity index (χ3v) is 12.4. The average molecular weight is 835 g/mol. The maximum absolute atomic E-state index is 12.8. The van der Waals surface area contributed by atoms with E-state index in [0.29, 0.717) is 19.3 Å². The summed E-state index contributed by atoms with van der Waals surface area (Å²) in [6, 6.07) is 0. The van der Waals surface area contributed by atoms with E-state index in [4.69, 9.17) is 14.2 Å². The molecule has 0 fully saturated rings. The Morgan fingerprint density at radius 2 is 0.593 bits per heavy atom. The standard InChI is InChI=1S/C53H102O6/c1-5-8-10-12-14-16-18-20-22-24-26-28-30-32-38-42-46-53(56)59-50(48-58-52(55)45-41-37-34-33-35-39-43-49(4)7-3)47-57-51(54)44-40-36-31-29-27-25-23-21-19-17-15-13-11-9-6-2/h49-50H,5-48H2,1-4H3/t49?,50-/m1/s1. The molecule has 0 aliphatic rings. The van der Waals surface area contributed by atoms with E-state index in [1.165, 1.54) is 193 Å². The Balaban J connectivity index is 4.29. The van der Waals surface area contributed by atoms with Crippen LogP contribution in [0, 0.1) is 5.92 Å². The topological polar surface area (TPSA) is 78.9 Å². The molecule has 0 aromatic rings. The van der Waals surface area contributed by atoms with Crippen LogP contribution in [0.25, 0.3) is 0 Å². The lowest BCUT2D eigenvalue weighted by atomic mass is 10.00. The molecule has 0 aromatic carbocycles. The summed E-state index contributed by atoms with van der Waals surface area (Å²) in [5, 5.41) is 0. The molecule has 0 spiro atoms. The van der Waals surface area contributed by atoms with Crippen molar-refractivity contribution in [2.45, 2.75) is 303 Å². The second-order valence-corrected chi connectivity index (χ2v) is 18.4. The van der Waals surface area contributed by atoms with Crippen molar-refractivity contribution in [2.24, 2.45) is 5.92 Å². The minimum absolute atomic E-state index is 0.0633. The van der Waals surface area contributed by atoms with Gasteiger partial charge in [-0.2, -0.15) is 0 Å². The van der Waals surface area contributed by atoms with E-state index in [-0.39, 0.29) is 31.1 Å². The van der Waals surface area contributed by atoms with Gasteiger partial charge in [-0.05, 0) is 25.2 Å². The fourth-order valence-electron chi connectivity index (χ4n) is 8.01. The molecule has 350 valence electrons. The summed E-state index contributed by atoms with van der Waals surface area (Å²) in [6.45, 7) is 9.01. The summed E-state index contributed by atoms with van der Waals surface area (Å²) >= 11 is 0. The van der Waals surface area contributed by atoms with E-state index >= 15 is 0 Å². The minimum atomic E-state index is -0.761. The number of carbonyl (C=O) groups is 3. The van der Waals surface area contributed by atoms with Gasteiger partial charge >= 0.3 is 17.9 Å². The van der Waals surface area contributed by atoms with Crippen LogP contribution in [0.15, 0.2) is 0 Å². The third kappa shape index (κ3) is 45.8. The molecule has 0 N–H and O–H groups in total. The first-order valence-corrected chi connectivity index (χ1v) is 26.4. The number of rotatable bonds is 48. The third-order valence-electron chi connectivity index (χ3n) is 12.4. The molecule has 2 atom stereocenters. The van der Waals surface area contributed by atoms with Gasteiger partial charge in [0.1, 0.15) is 13.2 Å². The van der Waals surface area contributed by atoms with Crippen LogP contribution in [0.1, 0.15) is 297 Å². The van der Waals surface area contributed by atoms with Gasteiger partial charge < -0.3 is 14.2 Å². The Hall–Kier alpha value is -1.59. The molecule has 0 amide bonds. The number of hydrogen-bond acceptors (Lipinski definition) is 6. The van der Waals surface area contributed by atoms with E-state index in [2.05, 4.69) is 27.7 Å². The quantitative estimate of drug-likeness (QED) is 0.0345. The van der Waals surface area contributed by atoms with Gasteiger partial charge in [0.15, 0.2) is 6.10 Å². The van der Waals surface area contributed by atoms with Gasteiger partial charge in [0.05, 0.1) is 0 Å². The van der Waals surface area contributed by atoms with Crippen LogP contribution in [0.2, 0.25) is 0 Å². The first kappa shape index (κ1) is 57.4. The van der Waals surface area contributed by atoms with Crippen molar-refractivity contribution >= 4 is 17.9 Å². The predicted molar refractivity (Wildman–Crippen MR) is 252 cm³/mol. The molecule has 59 heavy (non-hydrogen) atoms. The highest BCUT2D eigenvalue weighted by Crippen LogP contribution is 2.18. The molecule has 0 saturated carbocycles. The van der Waals surface area contributed by atoms with Crippen molar-refractivity contribution in [3.63, 3.8) is 0 Å². The van der Waals surface area contributed by atoms with Crippen LogP contribution < -0.4 is 0 Å². The van der Waals surface area contributed by atoms with Crippen molar-refractivity contribution < 1.29 is 28.6 Å². The largest absolute Gasteiger partial charge is 0.462 e. The summed E-state index contributed by atoms with van der Waals surface area (Å²) in [5.41, 5.74) is 0. The summed E-state index contributed by atoms with van der Waals surface area (Å²) in [6.07, 6.45) is 49.5. The Labute approximate surface area is 368 Å². The molecule has 6 nitrogen and oxygen atoms in total. The fourth-order valence-corrected chi connectivity index (χ4v) is 8.01. The summed E-state index contributed by atoms with van der Waals surface area (Å²) in [7, 11) is 0. The summed E-state index contributed by atoms with van der Waals surface area (Å²) in [4.78, 5) is 37.9. The molecule has 0 aliphatic carbocycles. The normalized spacial score (nSPS) is 12.4. The second-order valence-electron chi connectivity index (χ2n) is 18.4. The van der Waals surface area contributed by atoms with E-state index in [0.717, 1.165) is 63.7 Å². The molecular weight excluding hydrogens is 733 g/mol. The minimum Gasteiger partial charge on any atom is -0.462 e. The van der Waals surface area contributed by atoms with Gasteiger partial charge in [-0.1, -0.05) is 259 Å². The van der Waals surface area contributed by atoms with E-state index < -0.39 is 6.10 Å². The molecule has 0 rings (SSSR count). The Kier molecular flexibility index (Phi) is 46.2. The number of carbonyl (C=O) groups excluding carboxylic acids is 3. The van der Waals surface area contributed by atoms with Gasteiger partial charge in [-0.3, -0.25) is 14.4 Å². The van der Waals surface area contributed by atoms with E-state index in [9.17, 15) is 14.4 Å². The van der Waals surface area contributed by atoms with Gasteiger partial charge in [0.25, 0.3) is 0 Å². The smallest absolute Gasteiger partial charge is 0.306 e. The SMILES string of the molecule is CCCCCCCCCCCCCCCCCCC(=O)O[C@H](COC(=O)CCCCCCCCCCCCCCCCC)COC(=O)CCCCCCCCC(C)CC. The zero-order valence-electron chi connectivity index (χ0n) is 40.2. The van der Waals surface area contributed by atoms with Gasteiger partial charge in [0, 0.05) is 19.3 Å². The first-order chi connectivity index (χ1) is 28.9. The van der Waals surface area contributed by atoms with E-state index in [1.54, 1.807) is 0 Å². The molecule has 6 heteroatoms. The predicted octanol–water partition coefficient (Wildman–Crippen LogP) is 17.1. The van der Waals surface area contributed by atoms with Crippen LogP contribution in [0.3, 0.4) is 0 Å². The average Bonchev–Trinajstić information content (AvgIpc) is 3.23. The first-order valence-electron chi connectivity index (χ1n) is 26.4. The van der Waals surface area contributed by atoms with Gasteiger partial charge in [-0.15, -0.1) is 0 Å². The highest BCUT2D eigenvalue weighted by atomic mass is 16.6. The highest BCUT2D eigenvalue weighted by molar-refractivity contribution is 5.71. The zero-order valence-corrected chi connectivity index (χ0v) is 40.2. The van der Waals surface area contributed by atoms with Crippen molar-refractivity contribution in [1.29, 1.82) is 0 Å². The Morgan fingerprint density at radius 1 is 0.339 bits per heavy atom. The molecule has 0 aliphatic heterocycles. The molecule has 0 heterocycles. The summed E-state index contributed by atoms with van der Waals surface area (Å²) in [5.74, 6) is -0.0315. The number of hydrogen-bond donors (Lipinski definition) is 0. The fraction of sp³-hybridized carbons (Fsp3) is 0.943. The van der Waals surface area contributed by atoms with Crippen LogP contribution in [0.5, 0.6) is 0 Å². The van der Waals surface area contributed by atoms with Crippen molar-refractivity contribution in [1.82, 2.24) is 0 Å². The highest BCUT2D eigenvalue weighted by Gasteiger charge is 2.19. The number of esters is 3. The number of ether oxygens (including phenoxy) is 3.